The second-order valence-electron chi connectivity index (χ2n) is 5.40. The van der Waals surface area contributed by atoms with Crippen LogP contribution in [0.2, 0.25) is 0 Å². The van der Waals surface area contributed by atoms with Gasteiger partial charge in [0.1, 0.15) is 4.90 Å². The van der Waals surface area contributed by atoms with Crippen molar-refractivity contribution in [2.45, 2.75) is 18.2 Å². The molecule has 0 saturated heterocycles. The van der Waals surface area contributed by atoms with E-state index >= 15 is 0 Å². The normalized spacial score (nSPS) is 11.7. The number of nitrogens with zero attached hydrogens (tertiary/aromatic N) is 1. The Balaban J connectivity index is 1.86. The molecule has 7 nitrogen and oxygen atoms in total. The van der Waals surface area contributed by atoms with E-state index in [2.05, 4.69) is 14.8 Å². The van der Waals surface area contributed by atoms with Gasteiger partial charge in [-0.25, -0.2) is 0 Å². The zero-order chi connectivity index (χ0) is 19.7. The van der Waals surface area contributed by atoms with E-state index in [-0.39, 0.29) is 28.0 Å². The molecule has 1 N–H and O–H groups in total. The van der Waals surface area contributed by atoms with Crippen LogP contribution in [0.4, 0.5) is 5.69 Å². The number of hydrogen-bond acceptors (Lipinski definition) is 7. The molecule has 0 aromatic heterocycles. The molecule has 0 bridgehead atoms. The molecule has 0 heterocycles. The quantitative estimate of drug-likeness (QED) is 0.313. The number of hydrogen-bond donors (Lipinski definition) is 1. The molecule has 142 valence electrons. The molecular weight excluding hydrogens is 388 g/mol. The Kier molecular flexibility index (Phi) is 7.56. The van der Waals surface area contributed by atoms with Gasteiger partial charge >= 0.3 is 10.1 Å². The van der Waals surface area contributed by atoms with Gasteiger partial charge < -0.3 is 5.32 Å². The van der Waals surface area contributed by atoms with E-state index in [9.17, 15) is 18.0 Å². The molecular formula is C18H18N2O5S2. The molecule has 1 amide bonds. The minimum absolute atomic E-state index is 0.0608. The number of nitrogens with one attached hydrogen (secondary N) is 1. The van der Waals surface area contributed by atoms with Crippen molar-refractivity contribution in [2.24, 2.45) is 5.16 Å². The van der Waals surface area contributed by atoms with Crippen LogP contribution in [0, 0.1) is 6.92 Å². The Hall–Kier alpha value is -2.65. The lowest BCUT2D eigenvalue weighted by Crippen LogP contribution is -2.13. The number of carbonyl (C=O) groups excluding carboxylic acids is 2. The molecule has 0 saturated carbocycles. The van der Waals surface area contributed by atoms with Crippen molar-refractivity contribution in [1.82, 2.24) is 0 Å². The standard InChI is InChI=1S/C18H18N2O5S2/c1-14-7-9-16(10-8-14)27(23,24)25-20-18(13-21)26-12-11-17(22)19-15-5-3-2-4-6-15/h2-10,13H,11-12H2,1H3,(H,19,22)/b20-18-. The molecule has 0 aliphatic carbocycles. The Morgan fingerprint density at radius 2 is 1.81 bits per heavy atom. The third-order valence-corrected chi connectivity index (χ3v) is 5.27. The van der Waals surface area contributed by atoms with Gasteiger partial charge in [-0.2, -0.15) is 8.42 Å². The monoisotopic (exact) mass is 406 g/mol. The highest BCUT2D eigenvalue weighted by Crippen LogP contribution is 2.15. The van der Waals surface area contributed by atoms with Crippen molar-refractivity contribution in [2.75, 3.05) is 11.1 Å². The van der Waals surface area contributed by atoms with Crippen LogP contribution in [0.3, 0.4) is 0 Å². The second kappa shape index (κ2) is 9.89. The first-order valence-corrected chi connectivity index (χ1v) is 10.3. The molecule has 27 heavy (non-hydrogen) atoms. The van der Waals surface area contributed by atoms with Crippen molar-refractivity contribution >= 4 is 44.8 Å². The summed E-state index contributed by atoms with van der Waals surface area (Å²) in [6, 6.07) is 15.0. The summed E-state index contributed by atoms with van der Waals surface area (Å²) in [6.07, 6.45) is 0.502. The lowest BCUT2D eigenvalue weighted by Gasteiger charge is -2.05. The van der Waals surface area contributed by atoms with Crippen molar-refractivity contribution in [1.29, 1.82) is 0 Å². The maximum atomic E-state index is 12.0. The Bertz CT molecular complexity index is 911. The summed E-state index contributed by atoms with van der Waals surface area (Å²) >= 11 is 0.930. The predicted molar refractivity (Wildman–Crippen MR) is 105 cm³/mol. The molecule has 9 heteroatoms. The number of aryl methyl sites for hydroxylation is 1. The largest absolute Gasteiger partial charge is 0.358 e. The maximum Gasteiger partial charge on any atom is 0.358 e. The minimum atomic E-state index is -4.10. The fourth-order valence-corrected chi connectivity index (χ4v) is 3.34. The number of benzene rings is 2. The summed E-state index contributed by atoms with van der Waals surface area (Å²) in [5.41, 5.74) is 1.57. The highest BCUT2D eigenvalue weighted by atomic mass is 32.2. The van der Waals surface area contributed by atoms with Gasteiger partial charge in [-0.1, -0.05) is 52.8 Å². The molecule has 2 rings (SSSR count). The zero-order valence-electron chi connectivity index (χ0n) is 14.5. The van der Waals surface area contributed by atoms with Gasteiger partial charge in [0.25, 0.3) is 0 Å². The predicted octanol–water partition coefficient (Wildman–Crippen LogP) is 2.97. The van der Waals surface area contributed by atoms with E-state index in [4.69, 9.17) is 0 Å². The number of aldehydes is 1. The summed E-state index contributed by atoms with van der Waals surface area (Å²) in [6.45, 7) is 1.82. The van der Waals surface area contributed by atoms with Crippen LogP contribution in [0.1, 0.15) is 12.0 Å². The first-order valence-electron chi connectivity index (χ1n) is 7.92. The molecule has 2 aromatic carbocycles. The minimum Gasteiger partial charge on any atom is -0.326 e. The first-order chi connectivity index (χ1) is 12.9. The number of rotatable bonds is 8. The van der Waals surface area contributed by atoms with E-state index < -0.39 is 10.1 Å². The van der Waals surface area contributed by atoms with Crippen LogP contribution in [0.15, 0.2) is 64.6 Å². The average Bonchev–Trinajstić information content (AvgIpc) is 2.65. The van der Waals surface area contributed by atoms with E-state index in [1.54, 1.807) is 36.4 Å². The van der Waals surface area contributed by atoms with Crippen molar-refractivity contribution in [3.8, 4) is 0 Å². The number of oxime groups is 1. The lowest BCUT2D eigenvalue weighted by molar-refractivity contribution is -0.115. The Morgan fingerprint density at radius 1 is 1.15 bits per heavy atom. The van der Waals surface area contributed by atoms with Crippen LogP contribution in [-0.4, -0.2) is 31.4 Å². The molecule has 2 aromatic rings. The van der Waals surface area contributed by atoms with Gasteiger partial charge in [0.2, 0.25) is 5.91 Å². The van der Waals surface area contributed by atoms with Crippen LogP contribution < -0.4 is 5.32 Å². The van der Waals surface area contributed by atoms with Gasteiger partial charge in [0.05, 0.1) is 0 Å². The lowest BCUT2D eigenvalue weighted by atomic mass is 10.2. The summed E-state index contributed by atoms with van der Waals surface area (Å²) in [7, 11) is -4.10. The molecule has 0 radical (unpaired) electrons. The summed E-state index contributed by atoms with van der Waals surface area (Å²) in [5, 5.41) is 5.93. The van der Waals surface area contributed by atoms with E-state index in [1.807, 2.05) is 13.0 Å². The van der Waals surface area contributed by atoms with E-state index in [0.717, 1.165) is 17.3 Å². The zero-order valence-corrected chi connectivity index (χ0v) is 16.1. The first kappa shape index (κ1) is 20.7. The number of para-hydroxylation sites is 1. The fourth-order valence-electron chi connectivity index (χ4n) is 1.91. The van der Waals surface area contributed by atoms with Crippen LogP contribution in [0.5, 0.6) is 0 Å². The highest BCUT2D eigenvalue weighted by Gasteiger charge is 2.16. The highest BCUT2D eigenvalue weighted by molar-refractivity contribution is 8.15. The van der Waals surface area contributed by atoms with Crippen LogP contribution >= 0.6 is 11.8 Å². The summed E-state index contributed by atoms with van der Waals surface area (Å²) in [4.78, 5) is 22.8. The summed E-state index contributed by atoms with van der Waals surface area (Å²) in [5.74, 6) is 0.0108. The smallest absolute Gasteiger partial charge is 0.326 e. The van der Waals surface area contributed by atoms with Gasteiger partial charge in [0, 0.05) is 17.9 Å². The third kappa shape index (κ3) is 6.87. The number of carbonyl (C=O) groups is 2. The second-order valence-corrected chi connectivity index (χ2v) is 8.05. The number of amides is 1. The number of anilines is 1. The van der Waals surface area contributed by atoms with E-state index in [0.29, 0.717) is 12.0 Å². The average molecular weight is 406 g/mol. The molecule has 0 aliphatic heterocycles. The van der Waals surface area contributed by atoms with Gasteiger partial charge in [-0.05, 0) is 31.2 Å². The third-order valence-electron chi connectivity index (χ3n) is 3.27. The topological polar surface area (TPSA) is 102 Å². The van der Waals surface area contributed by atoms with Gasteiger partial charge in [-0.15, -0.1) is 0 Å². The fraction of sp³-hybridized carbons (Fsp3) is 0.167. The molecule has 0 spiro atoms. The maximum absolute atomic E-state index is 12.0. The summed E-state index contributed by atoms with van der Waals surface area (Å²) < 4.78 is 28.6. The van der Waals surface area contributed by atoms with Crippen LogP contribution in [0.25, 0.3) is 0 Å². The van der Waals surface area contributed by atoms with Crippen LogP contribution in [-0.2, 0) is 24.0 Å². The SMILES string of the molecule is Cc1ccc(S(=O)(=O)O/N=C(/C=O)SCCC(=O)Nc2ccccc2)cc1. The Labute approximate surface area is 161 Å². The van der Waals surface area contributed by atoms with Crippen molar-refractivity contribution in [3.63, 3.8) is 0 Å². The Morgan fingerprint density at radius 3 is 2.44 bits per heavy atom. The van der Waals surface area contributed by atoms with Gasteiger partial charge in [-0.3, -0.25) is 13.9 Å². The molecule has 0 aliphatic rings. The van der Waals surface area contributed by atoms with E-state index in [1.165, 1.54) is 12.1 Å². The molecule has 0 atom stereocenters. The number of thioether (sulfide) groups is 1. The molecule has 0 unspecified atom stereocenters. The van der Waals surface area contributed by atoms with Crippen molar-refractivity contribution in [3.05, 3.63) is 60.2 Å². The van der Waals surface area contributed by atoms with Gasteiger partial charge in [0.15, 0.2) is 11.3 Å². The molecule has 0 fully saturated rings. The van der Waals surface area contributed by atoms with Crippen molar-refractivity contribution < 1.29 is 22.3 Å².